The number of esters is 1. The summed E-state index contributed by atoms with van der Waals surface area (Å²) in [5.41, 5.74) is 0. The van der Waals surface area contributed by atoms with E-state index in [1.54, 1.807) is 0 Å². The van der Waals surface area contributed by atoms with Crippen LogP contribution >= 0.6 is 0 Å². The van der Waals surface area contributed by atoms with Gasteiger partial charge in [0.2, 0.25) is 0 Å². The molecule has 2 rings (SSSR count). The van der Waals surface area contributed by atoms with Crippen LogP contribution in [0.3, 0.4) is 0 Å². The van der Waals surface area contributed by atoms with Crippen LogP contribution in [0.5, 0.6) is 0 Å². The van der Waals surface area contributed by atoms with Crippen LogP contribution in [-0.4, -0.2) is 142 Å². The Morgan fingerprint density at radius 3 is 1.26 bits per heavy atom. The zero-order chi connectivity index (χ0) is 58.6. The van der Waals surface area contributed by atoms with Crippen molar-refractivity contribution in [3.63, 3.8) is 0 Å². The average Bonchev–Trinajstić information content (AvgIpc) is 3.46. The molecule has 0 aromatic heterocycles. The van der Waals surface area contributed by atoms with E-state index >= 15 is 0 Å². The van der Waals surface area contributed by atoms with Crippen LogP contribution < -0.4 is 0 Å². The maximum absolute atomic E-state index is 13.1. The number of aliphatic hydroxyl groups excluding tert-OH is 7. The third-order valence-electron chi connectivity index (χ3n) is 14.3. The molecular formula is C67H112O14. The van der Waals surface area contributed by atoms with Crippen molar-refractivity contribution in [2.45, 2.75) is 274 Å². The molecule has 14 nitrogen and oxygen atoms in total. The van der Waals surface area contributed by atoms with Crippen molar-refractivity contribution in [1.29, 1.82) is 0 Å². The zero-order valence-corrected chi connectivity index (χ0v) is 50.0. The molecule has 0 aliphatic carbocycles. The van der Waals surface area contributed by atoms with E-state index in [1.807, 2.05) is 0 Å². The highest BCUT2D eigenvalue weighted by molar-refractivity contribution is 5.69. The van der Waals surface area contributed by atoms with Crippen molar-refractivity contribution in [2.24, 2.45) is 0 Å². The zero-order valence-electron chi connectivity index (χ0n) is 50.0. The van der Waals surface area contributed by atoms with Crippen LogP contribution in [0.15, 0.2) is 109 Å². The van der Waals surface area contributed by atoms with Gasteiger partial charge in [-0.1, -0.05) is 207 Å². The van der Waals surface area contributed by atoms with Crippen molar-refractivity contribution in [2.75, 3.05) is 33.0 Å². The first kappa shape index (κ1) is 73.8. The van der Waals surface area contributed by atoms with Crippen LogP contribution in [0, 0.1) is 0 Å². The lowest BCUT2D eigenvalue weighted by molar-refractivity contribution is -0.332. The number of aliphatic hydroxyl groups is 7. The number of hydrogen-bond acceptors (Lipinski definition) is 14. The van der Waals surface area contributed by atoms with E-state index in [0.717, 1.165) is 122 Å². The number of ether oxygens (including phenoxy) is 6. The van der Waals surface area contributed by atoms with Gasteiger partial charge in [-0.15, -0.1) is 0 Å². The van der Waals surface area contributed by atoms with E-state index in [9.17, 15) is 40.5 Å². The van der Waals surface area contributed by atoms with Crippen molar-refractivity contribution in [3.05, 3.63) is 109 Å². The van der Waals surface area contributed by atoms with E-state index in [1.165, 1.54) is 57.8 Å². The number of carbonyl (C=O) groups is 1. The summed E-state index contributed by atoms with van der Waals surface area (Å²) in [6, 6.07) is 0. The number of allylic oxidation sites excluding steroid dienone is 18. The van der Waals surface area contributed by atoms with E-state index in [-0.39, 0.29) is 19.6 Å². The van der Waals surface area contributed by atoms with Crippen LogP contribution in [0.4, 0.5) is 0 Å². The first-order valence-electron chi connectivity index (χ1n) is 31.5. The lowest BCUT2D eigenvalue weighted by Crippen LogP contribution is -2.61. The van der Waals surface area contributed by atoms with E-state index < -0.39 is 86.7 Å². The van der Waals surface area contributed by atoms with E-state index in [4.69, 9.17) is 28.4 Å². The summed E-state index contributed by atoms with van der Waals surface area (Å²) in [6.07, 6.45) is 55.7. The average molecular weight is 1140 g/mol. The molecule has 2 aliphatic heterocycles. The summed E-state index contributed by atoms with van der Waals surface area (Å²) >= 11 is 0. The first-order chi connectivity index (χ1) is 39.6. The van der Waals surface area contributed by atoms with E-state index in [0.29, 0.717) is 13.0 Å². The molecule has 0 aromatic rings. The van der Waals surface area contributed by atoms with Gasteiger partial charge < -0.3 is 64.2 Å². The Hall–Kier alpha value is -3.35. The third-order valence-corrected chi connectivity index (χ3v) is 14.3. The minimum atomic E-state index is -1.72. The standard InChI is InChI=1S/C67H112O14/c1-3-5-7-9-11-13-15-17-19-21-23-25-27-28-29-30-32-34-36-38-40-42-44-46-48-50-59(69)79-56(53-76-51-49-47-45-43-41-39-37-35-33-31-26-24-22-20-18-16-14-12-10-8-6-4-2)54-77-66-65(75)63(73)61(71)58(81-66)55-78-67-64(74)62(72)60(70)57(52-68)80-67/h5,7,11,13,16-19,22-25,28-29,31-34,56-58,60-68,70-75H,3-4,6,8-10,12,14-15,20-21,26-27,30,35-55H2,1-2H3/b7-5-,13-11-,18-16-,19-17-,24-22-,25-23-,29-28-,33-31-,34-32-. The van der Waals surface area contributed by atoms with Gasteiger partial charge in [-0.05, 0) is 103 Å². The van der Waals surface area contributed by atoms with Gasteiger partial charge in [-0.2, -0.15) is 0 Å². The molecule has 0 amide bonds. The molecule has 0 saturated carbocycles. The molecule has 2 fully saturated rings. The summed E-state index contributed by atoms with van der Waals surface area (Å²) in [5.74, 6) is -0.398. The fourth-order valence-electron chi connectivity index (χ4n) is 9.24. The first-order valence-corrected chi connectivity index (χ1v) is 31.5. The van der Waals surface area contributed by atoms with Crippen molar-refractivity contribution < 1.29 is 69.0 Å². The molecule has 464 valence electrons. The largest absolute Gasteiger partial charge is 0.457 e. The van der Waals surface area contributed by atoms with Gasteiger partial charge in [-0.25, -0.2) is 0 Å². The monoisotopic (exact) mass is 1140 g/mol. The second-order valence-corrected chi connectivity index (χ2v) is 21.5. The van der Waals surface area contributed by atoms with Crippen molar-refractivity contribution >= 4 is 5.97 Å². The molecule has 2 saturated heterocycles. The smallest absolute Gasteiger partial charge is 0.306 e. The lowest BCUT2D eigenvalue weighted by Gasteiger charge is -2.42. The molecule has 2 aliphatic rings. The Balaban J connectivity index is 1.71. The van der Waals surface area contributed by atoms with Crippen molar-refractivity contribution in [3.8, 4) is 0 Å². The number of unbranched alkanes of at least 4 members (excludes halogenated alkanes) is 18. The quantitative estimate of drug-likeness (QED) is 0.0172. The van der Waals surface area contributed by atoms with Gasteiger partial charge >= 0.3 is 5.97 Å². The summed E-state index contributed by atoms with van der Waals surface area (Å²) in [5, 5.41) is 72.5. The molecule has 0 spiro atoms. The minimum Gasteiger partial charge on any atom is -0.457 e. The summed E-state index contributed by atoms with van der Waals surface area (Å²) < 4.78 is 34.4. The number of hydrogen-bond donors (Lipinski definition) is 7. The molecule has 0 radical (unpaired) electrons. The Morgan fingerprint density at radius 2 is 0.802 bits per heavy atom. The van der Waals surface area contributed by atoms with Gasteiger partial charge in [0.05, 0.1) is 26.4 Å². The Kier molecular flexibility index (Phi) is 47.5. The van der Waals surface area contributed by atoms with Gasteiger partial charge in [0.25, 0.3) is 0 Å². The van der Waals surface area contributed by atoms with Crippen LogP contribution in [0.2, 0.25) is 0 Å². The maximum atomic E-state index is 13.1. The predicted octanol–water partition coefficient (Wildman–Crippen LogP) is 12.3. The van der Waals surface area contributed by atoms with Gasteiger partial charge in [0.1, 0.15) is 54.9 Å². The highest BCUT2D eigenvalue weighted by Crippen LogP contribution is 2.27. The Morgan fingerprint density at radius 1 is 0.420 bits per heavy atom. The maximum Gasteiger partial charge on any atom is 0.306 e. The molecule has 11 unspecified atom stereocenters. The molecule has 14 heteroatoms. The molecule has 11 atom stereocenters. The Bertz CT molecular complexity index is 1750. The lowest BCUT2D eigenvalue weighted by atomic mass is 9.98. The fraction of sp³-hybridized carbons (Fsp3) is 0.716. The SMILES string of the molecule is CC/C=C\C/C=C\C/C=C\C/C=C\C/C=C\C/C=C\CCCCCCCCC(=O)OC(COCCCCCCCCC/C=C\C/C=C\C/C=C\CCCCCCC)COC1OC(COC2OC(CO)C(O)C(O)C2O)C(O)C(O)C1O. The summed E-state index contributed by atoms with van der Waals surface area (Å²) in [7, 11) is 0. The second-order valence-electron chi connectivity index (χ2n) is 21.5. The van der Waals surface area contributed by atoms with Crippen LogP contribution in [0.25, 0.3) is 0 Å². The summed E-state index contributed by atoms with van der Waals surface area (Å²) in [4.78, 5) is 13.1. The predicted molar refractivity (Wildman–Crippen MR) is 325 cm³/mol. The molecule has 7 N–H and O–H groups in total. The van der Waals surface area contributed by atoms with Gasteiger partial charge in [-0.3, -0.25) is 4.79 Å². The third kappa shape index (κ3) is 38.3. The highest BCUT2D eigenvalue weighted by atomic mass is 16.7. The van der Waals surface area contributed by atoms with E-state index in [2.05, 4.69) is 123 Å². The molecular weight excluding hydrogens is 1030 g/mol. The normalized spacial score (nSPS) is 24.5. The number of rotatable bonds is 50. The fourth-order valence-corrected chi connectivity index (χ4v) is 9.24. The second kappa shape index (κ2) is 52.2. The van der Waals surface area contributed by atoms with Crippen molar-refractivity contribution in [1.82, 2.24) is 0 Å². The summed E-state index contributed by atoms with van der Waals surface area (Å²) in [6.45, 7) is 3.51. The highest BCUT2D eigenvalue weighted by Gasteiger charge is 2.47. The minimum absolute atomic E-state index is 0.0414. The van der Waals surface area contributed by atoms with Crippen LogP contribution in [-0.2, 0) is 33.2 Å². The molecule has 81 heavy (non-hydrogen) atoms. The van der Waals surface area contributed by atoms with Gasteiger partial charge in [0, 0.05) is 13.0 Å². The number of carbonyl (C=O) groups excluding carboxylic acids is 1. The molecule has 0 aromatic carbocycles. The molecule has 2 heterocycles. The molecule has 0 bridgehead atoms. The van der Waals surface area contributed by atoms with Crippen LogP contribution in [0.1, 0.15) is 206 Å². The van der Waals surface area contributed by atoms with Gasteiger partial charge in [0.15, 0.2) is 12.6 Å². The Labute approximate surface area is 489 Å². The topological polar surface area (TPSA) is 214 Å².